The zero-order chi connectivity index (χ0) is 25.0. The first-order chi connectivity index (χ1) is 16.8. The van der Waals surface area contributed by atoms with Crippen LogP contribution in [0.1, 0.15) is 12.5 Å². The average Bonchev–Trinajstić information content (AvgIpc) is 2.86. The van der Waals surface area contributed by atoms with Gasteiger partial charge in [0, 0.05) is 30.3 Å². The number of ether oxygens (including phenoxy) is 1. The van der Waals surface area contributed by atoms with Gasteiger partial charge in [-0.05, 0) is 54.4 Å². The molecule has 180 valence electrons. The summed E-state index contributed by atoms with van der Waals surface area (Å²) in [6, 6.07) is 21.2. The van der Waals surface area contributed by atoms with Gasteiger partial charge in [-0.1, -0.05) is 31.2 Å². The first-order valence-corrected chi connectivity index (χ1v) is 12.4. The molecule has 0 saturated heterocycles. The van der Waals surface area contributed by atoms with E-state index >= 15 is 0 Å². The number of nitrogens with one attached hydrogen (secondary N) is 1. The van der Waals surface area contributed by atoms with Gasteiger partial charge in [0.15, 0.2) is 6.61 Å². The molecule has 4 rings (SSSR count). The Kier molecular flexibility index (Phi) is 6.88. The van der Waals surface area contributed by atoms with Gasteiger partial charge in [-0.25, -0.2) is 13.2 Å². The Morgan fingerprint density at radius 1 is 1.00 bits per heavy atom. The van der Waals surface area contributed by atoms with E-state index in [0.717, 1.165) is 10.9 Å². The lowest BCUT2D eigenvalue weighted by atomic mass is 10.1. The van der Waals surface area contributed by atoms with Crippen molar-refractivity contribution in [1.29, 1.82) is 0 Å². The maximum atomic E-state index is 13.0. The highest BCUT2D eigenvalue weighted by Gasteiger charge is 2.21. The van der Waals surface area contributed by atoms with E-state index in [9.17, 15) is 18.0 Å². The molecular weight excluding hydrogens is 468 g/mol. The van der Waals surface area contributed by atoms with E-state index in [1.807, 2.05) is 6.92 Å². The summed E-state index contributed by atoms with van der Waals surface area (Å²) in [6.07, 6.45) is 0.681. The van der Waals surface area contributed by atoms with Crippen molar-refractivity contribution in [3.8, 4) is 5.75 Å². The van der Waals surface area contributed by atoms with E-state index in [1.54, 1.807) is 60.7 Å². The molecule has 0 unspecified atom stereocenters. The quantitative estimate of drug-likeness (QED) is 0.370. The number of carbonyl (C=O) groups excluding carboxylic acids is 1. The Hall–Kier alpha value is -4.11. The van der Waals surface area contributed by atoms with Crippen LogP contribution in [0.2, 0.25) is 0 Å². The van der Waals surface area contributed by atoms with Crippen molar-refractivity contribution < 1.29 is 22.4 Å². The summed E-state index contributed by atoms with van der Waals surface area (Å²) in [5, 5.41) is 3.46. The molecule has 0 aliphatic carbocycles. The lowest BCUT2D eigenvalue weighted by Gasteiger charge is -2.20. The molecule has 0 radical (unpaired) electrons. The van der Waals surface area contributed by atoms with Crippen molar-refractivity contribution in [2.45, 2.75) is 18.2 Å². The summed E-state index contributed by atoms with van der Waals surface area (Å²) in [7, 11) is -2.35. The van der Waals surface area contributed by atoms with Gasteiger partial charge < -0.3 is 14.5 Å². The van der Waals surface area contributed by atoms with Gasteiger partial charge in [-0.3, -0.25) is 9.10 Å². The molecule has 0 fully saturated rings. The number of fused-ring (bicyclic) bond motifs is 1. The highest BCUT2D eigenvalue weighted by molar-refractivity contribution is 7.92. The van der Waals surface area contributed by atoms with E-state index in [1.165, 1.54) is 29.6 Å². The summed E-state index contributed by atoms with van der Waals surface area (Å²) in [5.41, 5.74) is 1.64. The van der Waals surface area contributed by atoms with E-state index in [2.05, 4.69) is 5.32 Å². The Labute approximate surface area is 202 Å². The molecule has 0 atom stereocenters. The number of sulfonamides is 1. The number of rotatable bonds is 8. The fourth-order valence-electron chi connectivity index (χ4n) is 3.61. The molecule has 3 aromatic carbocycles. The van der Waals surface area contributed by atoms with Crippen LogP contribution in [0.3, 0.4) is 0 Å². The third-order valence-electron chi connectivity index (χ3n) is 5.45. The molecule has 9 heteroatoms. The van der Waals surface area contributed by atoms with Crippen molar-refractivity contribution >= 4 is 38.3 Å². The smallest absolute Gasteiger partial charge is 0.336 e. The molecule has 8 nitrogen and oxygen atoms in total. The Bertz CT molecular complexity index is 1530. The lowest BCUT2D eigenvalue weighted by Crippen LogP contribution is -2.26. The molecule has 1 aromatic heterocycles. The number of amides is 1. The van der Waals surface area contributed by atoms with Crippen LogP contribution in [0.25, 0.3) is 11.0 Å². The minimum absolute atomic E-state index is 0.0406. The van der Waals surface area contributed by atoms with Gasteiger partial charge in [-0.15, -0.1) is 0 Å². The van der Waals surface area contributed by atoms with Crippen LogP contribution in [0.4, 0.5) is 11.4 Å². The first kappa shape index (κ1) is 24.0. The number of nitrogens with zero attached hydrogens (tertiary/aromatic N) is 1. The van der Waals surface area contributed by atoms with Gasteiger partial charge in [-0.2, -0.15) is 0 Å². The summed E-state index contributed by atoms with van der Waals surface area (Å²) in [4.78, 5) is 24.2. The van der Waals surface area contributed by atoms with Gasteiger partial charge in [0.2, 0.25) is 0 Å². The maximum absolute atomic E-state index is 13.0. The molecule has 35 heavy (non-hydrogen) atoms. The summed E-state index contributed by atoms with van der Waals surface area (Å²) in [6.45, 7) is 1.63. The molecule has 1 heterocycles. The second kappa shape index (κ2) is 10.0. The van der Waals surface area contributed by atoms with Gasteiger partial charge >= 0.3 is 5.63 Å². The normalized spacial score (nSPS) is 11.3. The molecule has 0 spiro atoms. The molecule has 1 amide bonds. The molecule has 0 bridgehead atoms. The molecule has 0 aliphatic rings. The highest BCUT2D eigenvalue weighted by Crippen LogP contribution is 2.25. The predicted octanol–water partition coefficient (Wildman–Crippen LogP) is 4.20. The van der Waals surface area contributed by atoms with Crippen LogP contribution in [0.15, 0.2) is 93.0 Å². The van der Waals surface area contributed by atoms with Gasteiger partial charge in [0.25, 0.3) is 15.9 Å². The molecular formula is C26H24N2O6S. The number of carbonyl (C=O) groups is 1. The van der Waals surface area contributed by atoms with Crippen molar-refractivity contribution in [3.63, 3.8) is 0 Å². The van der Waals surface area contributed by atoms with E-state index in [4.69, 9.17) is 9.15 Å². The molecule has 0 saturated carbocycles. The van der Waals surface area contributed by atoms with Crippen LogP contribution in [-0.4, -0.2) is 28.0 Å². The fourth-order valence-corrected chi connectivity index (χ4v) is 4.85. The second-order valence-electron chi connectivity index (χ2n) is 7.77. The predicted molar refractivity (Wildman–Crippen MR) is 134 cm³/mol. The standard InChI is InChI=1S/C26H24N2O6S/c1-3-18-14-26(30)34-24-16-21(12-13-23(18)24)33-17-25(29)27-19-8-7-11-22(15-19)35(31,32)28(2)20-9-5-4-6-10-20/h4-16H,3,17H2,1-2H3,(H,27,29). The number of anilines is 2. The van der Waals surface area contributed by atoms with Crippen LogP contribution >= 0.6 is 0 Å². The lowest BCUT2D eigenvalue weighted by molar-refractivity contribution is -0.118. The highest BCUT2D eigenvalue weighted by atomic mass is 32.2. The van der Waals surface area contributed by atoms with Crippen LogP contribution in [0.5, 0.6) is 5.75 Å². The second-order valence-corrected chi connectivity index (χ2v) is 9.74. The third kappa shape index (κ3) is 5.36. The molecule has 1 N–H and O–H groups in total. The molecule has 4 aromatic rings. The zero-order valence-electron chi connectivity index (χ0n) is 19.2. The van der Waals surface area contributed by atoms with Crippen LogP contribution < -0.4 is 20.0 Å². The Morgan fingerprint density at radius 2 is 1.77 bits per heavy atom. The van der Waals surface area contributed by atoms with Crippen molar-refractivity contribution in [2.24, 2.45) is 0 Å². The van der Waals surface area contributed by atoms with Crippen LogP contribution in [0, 0.1) is 0 Å². The Morgan fingerprint density at radius 3 is 2.51 bits per heavy atom. The van der Waals surface area contributed by atoms with Crippen LogP contribution in [-0.2, 0) is 21.2 Å². The minimum Gasteiger partial charge on any atom is -0.484 e. The summed E-state index contributed by atoms with van der Waals surface area (Å²) < 4.78 is 38.0. The maximum Gasteiger partial charge on any atom is 0.336 e. The fraction of sp³-hybridized carbons (Fsp3) is 0.154. The topological polar surface area (TPSA) is 106 Å². The van der Waals surface area contributed by atoms with Gasteiger partial charge in [0.05, 0.1) is 10.6 Å². The first-order valence-electron chi connectivity index (χ1n) is 10.9. The molecule has 0 aliphatic heterocycles. The Balaban J connectivity index is 1.44. The summed E-state index contributed by atoms with van der Waals surface area (Å²) >= 11 is 0. The number of para-hydroxylation sites is 1. The third-order valence-corrected chi connectivity index (χ3v) is 7.23. The average molecular weight is 493 g/mol. The SMILES string of the molecule is CCc1cc(=O)oc2cc(OCC(=O)Nc3cccc(S(=O)(=O)N(C)c4ccccc4)c3)ccc12. The van der Waals surface area contributed by atoms with E-state index in [-0.39, 0.29) is 11.5 Å². The van der Waals surface area contributed by atoms with Crippen molar-refractivity contribution in [1.82, 2.24) is 0 Å². The zero-order valence-corrected chi connectivity index (χ0v) is 20.0. The van der Waals surface area contributed by atoms with E-state index in [0.29, 0.717) is 29.1 Å². The summed E-state index contributed by atoms with van der Waals surface area (Å²) in [5.74, 6) is -0.107. The number of benzene rings is 3. The van der Waals surface area contributed by atoms with Crippen molar-refractivity contribution in [2.75, 3.05) is 23.3 Å². The minimum atomic E-state index is -3.82. The number of hydrogen-bond donors (Lipinski definition) is 1. The van der Waals surface area contributed by atoms with Gasteiger partial charge in [0.1, 0.15) is 11.3 Å². The number of aryl methyl sites for hydroxylation is 1. The van der Waals surface area contributed by atoms with Crippen molar-refractivity contribution in [3.05, 3.63) is 94.8 Å². The number of hydrogen-bond acceptors (Lipinski definition) is 6. The monoisotopic (exact) mass is 492 g/mol. The largest absolute Gasteiger partial charge is 0.484 e. The van der Waals surface area contributed by atoms with E-state index < -0.39 is 21.6 Å².